The van der Waals surface area contributed by atoms with Gasteiger partial charge in [-0.25, -0.2) is 9.48 Å². The first kappa shape index (κ1) is 11.6. The second-order valence-electron chi connectivity index (χ2n) is 3.54. The molecule has 0 aliphatic carbocycles. The fourth-order valence-electron chi connectivity index (χ4n) is 1.33. The molecule has 0 aliphatic rings. The normalized spacial score (nSPS) is 13.1. The number of ether oxygens (including phenoxy) is 1. The first-order valence-corrected chi connectivity index (χ1v) is 4.70. The molecule has 1 unspecified atom stereocenters. The minimum absolute atomic E-state index is 0.0435. The maximum atomic E-state index is 10.9. The molecule has 0 radical (unpaired) electrons. The topological polar surface area (TPSA) is 77.2 Å². The van der Waals surface area contributed by atoms with Crippen molar-refractivity contribution >= 4 is 5.97 Å². The van der Waals surface area contributed by atoms with Crippen LogP contribution in [-0.4, -0.2) is 33.2 Å². The van der Waals surface area contributed by atoms with Crippen LogP contribution in [0.4, 0.5) is 0 Å². The summed E-state index contributed by atoms with van der Waals surface area (Å²) in [4.78, 5) is 10.9. The highest BCUT2D eigenvalue weighted by atomic mass is 16.5. The van der Waals surface area contributed by atoms with Crippen molar-refractivity contribution in [3.05, 3.63) is 11.4 Å². The average molecular weight is 213 g/mol. The van der Waals surface area contributed by atoms with E-state index in [2.05, 4.69) is 10.3 Å². The molecule has 0 bridgehead atoms. The molecular formula is C9H15N3O3. The van der Waals surface area contributed by atoms with E-state index >= 15 is 0 Å². The summed E-state index contributed by atoms with van der Waals surface area (Å²) >= 11 is 0. The highest BCUT2D eigenvalue weighted by molar-refractivity contribution is 5.86. The van der Waals surface area contributed by atoms with Crippen LogP contribution >= 0.6 is 0 Å². The highest BCUT2D eigenvalue weighted by Gasteiger charge is 2.24. The van der Waals surface area contributed by atoms with Crippen LogP contribution in [-0.2, 0) is 4.74 Å². The summed E-state index contributed by atoms with van der Waals surface area (Å²) < 4.78 is 6.68. The molecule has 6 heteroatoms. The third kappa shape index (κ3) is 2.15. The molecule has 84 valence electrons. The van der Waals surface area contributed by atoms with Gasteiger partial charge in [-0.3, -0.25) is 0 Å². The Morgan fingerprint density at radius 3 is 2.47 bits per heavy atom. The number of hydrogen-bond donors (Lipinski definition) is 1. The standard InChI is InChI=1S/C9H15N3O3/c1-5(2)12-8(6(3)15-4)7(9(13)14)10-11-12/h5-6H,1-4H3,(H,13,14). The summed E-state index contributed by atoms with van der Waals surface area (Å²) in [5.74, 6) is -1.08. The number of hydrogen-bond acceptors (Lipinski definition) is 4. The van der Waals surface area contributed by atoms with Gasteiger partial charge in [0.25, 0.3) is 0 Å². The average Bonchev–Trinajstić information content (AvgIpc) is 2.60. The molecule has 0 aliphatic heterocycles. The molecule has 0 fully saturated rings. The van der Waals surface area contributed by atoms with Crippen LogP contribution in [0.1, 0.15) is 49.1 Å². The van der Waals surface area contributed by atoms with Gasteiger partial charge in [0.15, 0.2) is 5.69 Å². The molecule has 1 aromatic heterocycles. The first-order chi connectivity index (χ1) is 6.99. The predicted octanol–water partition coefficient (Wildman–Crippen LogP) is 1.26. The molecule has 1 aromatic rings. The lowest BCUT2D eigenvalue weighted by atomic mass is 10.2. The molecule has 1 rings (SSSR count). The van der Waals surface area contributed by atoms with Gasteiger partial charge in [0.2, 0.25) is 0 Å². The molecule has 1 atom stereocenters. The van der Waals surface area contributed by atoms with Gasteiger partial charge in [-0.2, -0.15) is 0 Å². The van der Waals surface area contributed by atoms with Gasteiger partial charge < -0.3 is 9.84 Å². The Labute approximate surface area is 87.9 Å². The van der Waals surface area contributed by atoms with Crippen molar-refractivity contribution < 1.29 is 14.6 Å². The SMILES string of the molecule is COC(C)c1c(C(=O)O)nnn1C(C)C. The first-order valence-electron chi connectivity index (χ1n) is 4.70. The Kier molecular flexibility index (Phi) is 3.41. The maximum absolute atomic E-state index is 10.9. The molecule has 0 saturated heterocycles. The van der Waals surface area contributed by atoms with Gasteiger partial charge in [-0.15, -0.1) is 5.10 Å². The Morgan fingerprint density at radius 2 is 2.07 bits per heavy atom. The van der Waals surface area contributed by atoms with E-state index in [0.29, 0.717) is 5.69 Å². The van der Waals surface area contributed by atoms with Crippen LogP contribution in [0.5, 0.6) is 0 Å². The number of carbonyl (C=O) groups is 1. The summed E-state index contributed by atoms with van der Waals surface area (Å²) in [5.41, 5.74) is 0.457. The summed E-state index contributed by atoms with van der Waals surface area (Å²) in [6, 6.07) is 0.0539. The fourth-order valence-corrected chi connectivity index (χ4v) is 1.33. The summed E-state index contributed by atoms with van der Waals surface area (Å²) in [5, 5.41) is 16.4. The zero-order valence-electron chi connectivity index (χ0n) is 9.26. The van der Waals surface area contributed by atoms with E-state index in [9.17, 15) is 4.79 Å². The Hall–Kier alpha value is -1.43. The summed E-state index contributed by atoms with van der Waals surface area (Å²) in [7, 11) is 1.52. The summed E-state index contributed by atoms with van der Waals surface area (Å²) in [6.07, 6.45) is -0.339. The molecule has 1 N–H and O–H groups in total. The van der Waals surface area contributed by atoms with Crippen molar-refractivity contribution in [1.29, 1.82) is 0 Å². The van der Waals surface area contributed by atoms with E-state index in [1.54, 1.807) is 11.6 Å². The van der Waals surface area contributed by atoms with Gasteiger partial charge in [0.1, 0.15) is 5.69 Å². The minimum atomic E-state index is -1.08. The molecular weight excluding hydrogens is 198 g/mol. The van der Waals surface area contributed by atoms with Crippen LogP contribution in [0.25, 0.3) is 0 Å². The third-order valence-electron chi connectivity index (χ3n) is 2.16. The van der Waals surface area contributed by atoms with Gasteiger partial charge in [-0.1, -0.05) is 5.21 Å². The van der Waals surface area contributed by atoms with Crippen LogP contribution in [0.3, 0.4) is 0 Å². The van der Waals surface area contributed by atoms with Crippen molar-refractivity contribution in [3.8, 4) is 0 Å². The predicted molar refractivity (Wildman–Crippen MR) is 52.8 cm³/mol. The van der Waals surface area contributed by atoms with E-state index in [0.717, 1.165) is 0 Å². The quantitative estimate of drug-likeness (QED) is 0.814. The maximum Gasteiger partial charge on any atom is 0.358 e. The lowest BCUT2D eigenvalue weighted by Gasteiger charge is -2.14. The molecule has 15 heavy (non-hydrogen) atoms. The van der Waals surface area contributed by atoms with E-state index in [1.165, 1.54) is 7.11 Å². The van der Waals surface area contributed by atoms with E-state index < -0.39 is 5.97 Å². The van der Waals surface area contributed by atoms with Crippen molar-refractivity contribution in [2.75, 3.05) is 7.11 Å². The van der Waals surface area contributed by atoms with Crippen LogP contribution < -0.4 is 0 Å². The molecule has 0 saturated carbocycles. The number of nitrogens with zero attached hydrogens (tertiary/aromatic N) is 3. The molecule has 1 heterocycles. The number of rotatable bonds is 4. The van der Waals surface area contributed by atoms with Crippen molar-refractivity contribution in [2.24, 2.45) is 0 Å². The van der Waals surface area contributed by atoms with Crippen molar-refractivity contribution in [2.45, 2.75) is 32.9 Å². The van der Waals surface area contributed by atoms with Gasteiger partial charge in [-0.05, 0) is 20.8 Å². The van der Waals surface area contributed by atoms with E-state index in [-0.39, 0.29) is 17.8 Å². The van der Waals surface area contributed by atoms with Crippen LogP contribution in [0, 0.1) is 0 Å². The number of carboxylic acids is 1. The smallest absolute Gasteiger partial charge is 0.358 e. The molecule has 0 spiro atoms. The minimum Gasteiger partial charge on any atom is -0.476 e. The van der Waals surface area contributed by atoms with Gasteiger partial charge >= 0.3 is 5.97 Å². The number of aromatic nitrogens is 3. The lowest BCUT2D eigenvalue weighted by Crippen LogP contribution is -2.14. The third-order valence-corrected chi connectivity index (χ3v) is 2.16. The van der Waals surface area contributed by atoms with Gasteiger partial charge in [0.05, 0.1) is 6.10 Å². The Morgan fingerprint density at radius 1 is 1.47 bits per heavy atom. The lowest BCUT2D eigenvalue weighted by molar-refractivity contribution is 0.0673. The second kappa shape index (κ2) is 4.39. The highest BCUT2D eigenvalue weighted by Crippen LogP contribution is 2.21. The molecule has 0 amide bonds. The van der Waals surface area contributed by atoms with E-state index in [1.807, 2.05) is 13.8 Å². The zero-order valence-corrected chi connectivity index (χ0v) is 9.26. The van der Waals surface area contributed by atoms with Crippen LogP contribution in [0.15, 0.2) is 0 Å². The fraction of sp³-hybridized carbons (Fsp3) is 0.667. The van der Waals surface area contributed by atoms with Crippen LogP contribution in [0.2, 0.25) is 0 Å². The van der Waals surface area contributed by atoms with Crippen molar-refractivity contribution in [3.63, 3.8) is 0 Å². The Balaban J connectivity index is 3.26. The zero-order chi connectivity index (χ0) is 11.6. The summed E-state index contributed by atoms with van der Waals surface area (Å²) in [6.45, 7) is 5.59. The molecule has 0 aromatic carbocycles. The number of methoxy groups -OCH3 is 1. The largest absolute Gasteiger partial charge is 0.476 e. The Bertz CT molecular complexity index is 359. The number of carboxylic acid groups (broad SMARTS) is 1. The monoisotopic (exact) mass is 213 g/mol. The number of aromatic carboxylic acids is 1. The van der Waals surface area contributed by atoms with Crippen molar-refractivity contribution in [1.82, 2.24) is 15.0 Å². The van der Waals surface area contributed by atoms with Gasteiger partial charge in [0, 0.05) is 13.2 Å². The molecule has 6 nitrogen and oxygen atoms in total. The second-order valence-corrected chi connectivity index (χ2v) is 3.54. The van der Waals surface area contributed by atoms with E-state index in [4.69, 9.17) is 9.84 Å².